The third kappa shape index (κ3) is 1.87. The lowest BCUT2D eigenvalue weighted by Crippen LogP contribution is -2.10. The number of aryl methyl sites for hydroxylation is 1. The first-order chi connectivity index (χ1) is 5.84. The molecule has 1 fully saturated rings. The zero-order chi connectivity index (χ0) is 8.39. The average molecular weight is 181 g/mol. The van der Waals surface area contributed by atoms with Crippen molar-refractivity contribution >= 4 is 11.3 Å². The van der Waals surface area contributed by atoms with Crippen molar-refractivity contribution in [2.24, 2.45) is 5.92 Å². The van der Waals surface area contributed by atoms with Crippen molar-refractivity contribution in [3.63, 3.8) is 0 Å². The Morgan fingerprint density at radius 3 is 3.08 bits per heavy atom. The van der Waals surface area contributed by atoms with Gasteiger partial charge in [-0.3, -0.25) is 0 Å². The second-order valence-corrected chi connectivity index (χ2v) is 4.95. The number of hydrogen-bond acceptors (Lipinski definition) is 2. The fourth-order valence-corrected chi connectivity index (χ4v) is 2.77. The van der Waals surface area contributed by atoms with E-state index in [9.17, 15) is 0 Å². The topological polar surface area (TPSA) is 12.0 Å². The molecule has 1 aromatic rings. The first-order valence-corrected chi connectivity index (χ1v) is 5.42. The van der Waals surface area contributed by atoms with Crippen molar-refractivity contribution < 1.29 is 0 Å². The molecule has 1 aromatic heterocycles. The summed E-state index contributed by atoms with van der Waals surface area (Å²) in [6, 6.07) is 4.50. The molecule has 0 spiro atoms. The molecule has 1 nitrogen and oxygen atoms in total. The maximum absolute atomic E-state index is 3.40. The van der Waals surface area contributed by atoms with Gasteiger partial charge in [-0.2, -0.15) is 0 Å². The van der Waals surface area contributed by atoms with Crippen molar-refractivity contribution in [2.75, 3.05) is 13.1 Å². The van der Waals surface area contributed by atoms with Crippen LogP contribution < -0.4 is 5.32 Å². The molecule has 0 radical (unpaired) electrons. The van der Waals surface area contributed by atoms with Crippen molar-refractivity contribution in [3.8, 4) is 0 Å². The molecule has 0 saturated carbocycles. The Morgan fingerprint density at radius 1 is 1.58 bits per heavy atom. The van der Waals surface area contributed by atoms with Gasteiger partial charge in [0.05, 0.1) is 0 Å². The molecule has 0 aromatic carbocycles. The van der Waals surface area contributed by atoms with E-state index in [2.05, 4.69) is 24.4 Å². The van der Waals surface area contributed by atoms with Crippen molar-refractivity contribution in [1.82, 2.24) is 5.32 Å². The van der Waals surface area contributed by atoms with Gasteiger partial charge in [0.25, 0.3) is 0 Å². The minimum Gasteiger partial charge on any atom is -0.316 e. The van der Waals surface area contributed by atoms with Gasteiger partial charge >= 0.3 is 0 Å². The molecule has 0 amide bonds. The Morgan fingerprint density at radius 2 is 2.50 bits per heavy atom. The molecular weight excluding hydrogens is 166 g/mol. The maximum atomic E-state index is 3.40. The summed E-state index contributed by atoms with van der Waals surface area (Å²) in [4.78, 5) is 3.00. The fraction of sp³-hybridized carbons (Fsp3) is 0.600. The summed E-state index contributed by atoms with van der Waals surface area (Å²) in [6.45, 7) is 4.62. The van der Waals surface area contributed by atoms with Crippen molar-refractivity contribution in [3.05, 3.63) is 21.9 Å². The van der Waals surface area contributed by atoms with Crippen LogP contribution in [0.15, 0.2) is 12.1 Å². The van der Waals surface area contributed by atoms with E-state index in [1.165, 1.54) is 30.8 Å². The van der Waals surface area contributed by atoms with Crippen LogP contribution in [0.3, 0.4) is 0 Å². The SMILES string of the molecule is Cc1ccc(C[C@H]2CCNC2)s1. The van der Waals surface area contributed by atoms with E-state index < -0.39 is 0 Å². The molecule has 0 unspecified atom stereocenters. The molecule has 1 aliphatic heterocycles. The predicted molar refractivity (Wildman–Crippen MR) is 53.7 cm³/mol. The Labute approximate surface area is 77.8 Å². The molecule has 0 bridgehead atoms. The van der Waals surface area contributed by atoms with Gasteiger partial charge in [0.1, 0.15) is 0 Å². The van der Waals surface area contributed by atoms with E-state index in [0.717, 1.165) is 5.92 Å². The summed E-state index contributed by atoms with van der Waals surface area (Å²) in [5, 5.41) is 3.40. The van der Waals surface area contributed by atoms with Crippen LogP contribution in [0, 0.1) is 12.8 Å². The van der Waals surface area contributed by atoms with Crippen LogP contribution in [0.5, 0.6) is 0 Å². The molecule has 1 aliphatic rings. The first-order valence-electron chi connectivity index (χ1n) is 4.60. The summed E-state index contributed by atoms with van der Waals surface area (Å²) >= 11 is 1.95. The quantitative estimate of drug-likeness (QED) is 0.737. The van der Waals surface area contributed by atoms with E-state index in [1.807, 2.05) is 11.3 Å². The van der Waals surface area contributed by atoms with Crippen LogP contribution in [-0.4, -0.2) is 13.1 Å². The van der Waals surface area contributed by atoms with E-state index in [4.69, 9.17) is 0 Å². The lowest BCUT2D eigenvalue weighted by Gasteiger charge is -2.04. The van der Waals surface area contributed by atoms with E-state index in [-0.39, 0.29) is 0 Å². The summed E-state index contributed by atoms with van der Waals surface area (Å²) < 4.78 is 0. The van der Waals surface area contributed by atoms with Crippen molar-refractivity contribution in [1.29, 1.82) is 0 Å². The van der Waals surface area contributed by atoms with E-state index in [0.29, 0.717) is 0 Å². The standard InChI is InChI=1S/C10H15NS/c1-8-2-3-10(12-8)6-9-4-5-11-7-9/h2-3,9,11H,4-7H2,1H3/t9-/m1/s1. The number of hydrogen-bond donors (Lipinski definition) is 1. The van der Waals surface area contributed by atoms with Crippen LogP contribution in [0.25, 0.3) is 0 Å². The predicted octanol–water partition coefficient (Wildman–Crippen LogP) is 2.21. The maximum Gasteiger partial charge on any atom is 0.00513 e. The summed E-state index contributed by atoms with van der Waals surface area (Å²) in [6.07, 6.45) is 2.64. The first kappa shape index (κ1) is 8.27. The smallest absolute Gasteiger partial charge is 0.00513 e. The van der Waals surface area contributed by atoms with Gasteiger partial charge in [0.2, 0.25) is 0 Å². The molecule has 1 saturated heterocycles. The minimum absolute atomic E-state index is 0.892. The minimum atomic E-state index is 0.892. The van der Waals surface area contributed by atoms with Crippen LogP contribution >= 0.6 is 11.3 Å². The van der Waals surface area contributed by atoms with Gasteiger partial charge in [0, 0.05) is 9.75 Å². The molecule has 0 aliphatic carbocycles. The number of thiophene rings is 1. The highest BCUT2D eigenvalue weighted by Gasteiger charge is 2.15. The molecular formula is C10H15NS. The van der Waals surface area contributed by atoms with Crippen LogP contribution in [-0.2, 0) is 6.42 Å². The van der Waals surface area contributed by atoms with Gasteiger partial charge in [0.15, 0.2) is 0 Å². The highest BCUT2D eigenvalue weighted by molar-refractivity contribution is 7.11. The number of rotatable bonds is 2. The third-order valence-corrected chi connectivity index (χ3v) is 3.47. The molecule has 66 valence electrons. The summed E-state index contributed by atoms with van der Waals surface area (Å²) in [5.41, 5.74) is 0. The van der Waals surface area contributed by atoms with Gasteiger partial charge < -0.3 is 5.32 Å². The van der Waals surface area contributed by atoms with Gasteiger partial charge in [-0.1, -0.05) is 0 Å². The largest absolute Gasteiger partial charge is 0.316 e. The Kier molecular flexibility index (Phi) is 2.47. The van der Waals surface area contributed by atoms with Gasteiger partial charge in [-0.05, 0) is 50.9 Å². The molecule has 1 atom stereocenters. The highest BCUT2D eigenvalue weighted by atomic mass is 32.1. The lowest BCUT2D eigenvalue weighted by atomic mass is 10.0. The average Bonchev–Trinajstić information content (AvgIpc) is 2.63. The Bertz CT molecular complexity index is 248. The second-order valence-electron chi connectivity index (χ2n) is 3.58. The Balaban J connectivity index is 1.94. The van der Waals surface area contributed by atoms with Gasteiger partial charge in [-0.15, -0.1) is 11.3 Å². The van der Waals surface area contributed by atoms with Gasteiger partial charge in [-0.25, -0.2) is 0 Å². The third-order valence-electron chi connectivity index (χ3n) is 2.45. The van der Waals surface area contributed by atoms with Crippen molar-refractivity contribution in [2.45, 2.75) is 19.8 Å². The van der Waals surface area contributed by atoms with E-state index in [1.54, 1.807) is 4.88 Å². The Hall–Kier alpha value is -0.340. The fourth-order valence-electron chi connectivity index (χ4n) is 1.77. The monoisotopic (exact) mass is 181 g/mol. The molecule has 12 heavy (non-hydrogen) atoms. The lowest BCUT2D eigenvalue weighted by molar-refractivity contribution is 0.585. The molecule has 2 heterocycles. The zero-order valence-corrected chi connectivity index (χ0v) is 8.29. The van der Waals surface area contributed by atoms with Crippen LogP contribution in [0.2, 0.25) is 0 Å². The molecule has 2 rings (SSSR count). The van der Waals surface area contributed by atoms with Crippen LogP contribution in [0.4, 0.5) is 0 Å². The highest BCUT2D eigenvalue weighted by Crippen LogP contribution is 2.21. The van der Waals surface area contributed by atoms with E-state index >= 15 is 0 Å². The summed E-state index contributed by atoms with van der Waals surface area (Å²) in [5.74, 6) is 0.892. The molecule has 2 heteroatoms. The zero-order valence-electron chi connectivity index (χ0n) is 7.47. The summed E-state index contributed by atoms with van der Waals surface area (Å²) in [7, 11) is 0. The van der Waals surface area contributed by atoms with Crippen LogP contribution in [0.1, 0.15) is 16.2 Å². The molecule has 1 N–H and O–H groups in total. The number of nitrogens with one attached hydrogen (secondary N) is 1. The normalized spacial score (nSPS) is 23.2. The second kappa shape index (κ2) is 3.58.